The Hall–Kier alpha value is -0.830. The van der Waals surface area contributed by atoms with Crippen LogP contribution in [0.1, 0.15) is 42.1 Å². The molecule has 0 aliphatic heterocycles. The Kier molecular flexibility index (Phi) is 5.86. The van der Waals surface area contributed by atoms with E-state index in [1.807, 2.05) is 19.2 Å². The average molecular weight is 367 g/mol. The van der Waals surface area contributed by atoms with E-state index in [0.717, 1.165) is 27.9 Å². The number of benzene rings is 2. The highest BCUT2D eigenvalue weighted by Gasteiger charge is 2.18. The zero-order chi connectivity index (χ0) is 15.4. The van der Waals surface area contributed by atoms with Crippen LogP contribution < -0.4 is 5.32 Å². The van der Waals surface area contributed by atoms with Crippen molar-refractivity contribution < 1.29 is 0 Å². The van der Waals surface area contributed by atoms with Crippen molar-refractivity contribution >= 4 is 27.5 Å². The van der Waals surface area contributed by atoms with E-state index in [1.54, 1.807) is 0 Å². The Morgan fingerprint density at radius 3 is 2.38 bits per heavy atom. The van der Waals surface area contributed by atoms with Gasteiger partial charge in [0.05, 0.1) is 6.04 Å². The van der Waals surface area contributed by atoms with Gasteiger partial charge >= 0.3 is 0 Å². The van der Waals surface area contributed by atoms with E-state index in [2.05, 4.69) is 59.4 Å². The van der Waals surface area contributed by atoms with E-state index in [0.29, 0.717) is 0 Å². The zero-order valence-electron chi connectivity index (χ0n) is 12.7. The molecule has 1 N–H and O–H groups in total. The smallest absolute Gasteiger partial charge is 0.0591 e. The molecule has 21 heavy (non-hydrogen) atoms. The first kappa shape index (κ1) is 16.5. The number of hydrogen-bond donors (Lipinski definition) is 1. The van der Waals surface area contributed by atoms with Crippen LogP contribution in [0.15, 0.2) is 40.9 Å². The fraction of sp³-hybridized carbons (Fsp3) is 0.333. The van der Waals surface area contributed by atoms with Gasteiger partial charge in [0.15, 0.2) is 0 Å². The quantitative estimate of drug-likeness (QED) is 0.733. The van der Waals surface area contributed by atoms with Crippen LogP contribution in [0.5, 0.6) is 0 Å². The summed E-state index contributed by atoms with van der Waals surface area (Å²) in [6.45, 7) is 4.38. The molecule has 0 radical (unpaired) electrons. The van der Waals surface area contributed by atoms with Gasteiger partial charge in [0.25, 0.3) is 0 Å². The maximum absolute atomic E-state index is 6.45. The van der Waals surface area contributed by atoms with E-state index in [1.165, 1.54) is 16.7 Å². The molecule has 1 unspecified atom stereocenters. The van der Waals surface area contributed by atoms with Crippen LogP contribution in [0.2, 0.25) is 5.02 Å². The molecular formula is C18H21BrClN. The van der Waals surface area contributed by atoms with Crippen LogP contribution in [0.3, 0.4) is 0 Å². The first-order valence-electron chi connectivity index (χ1n) is 7.34. The summed E-state index contributed by atoms with van der Waals surface area (Å²) in [5, 5.41) is 4.21. The summed E-state index contributed by atoms with van der Waals surface area (Å²) in [5.41, 5.74) is 5.16. The minimum Gasteiger partial charge on any atom is -0.309 e. The van der Waals surface area contributed by atoms with Crippen molar-refractivity contribution in [1.82, 2.24) is 5.32 Å². The molecule has 0 heterocycles. The SMILES string of the molecule is CCc1ccc(CC)c(C(NC)c2ccc(Br)cc2Cl)c1. The van der Waals surface area contributed by atoms with Crippen molar-refractivity contribution in [1.29, 1.82) is 0 Å². The molecule has 0 spiro atoms. The summed E-state index contributed by atoms with van der Waals surface area (Å²) in [4.78, 5) is 0. The Bertz CT molecular complexity index is 625. The van der Waals surface area contributed by atoms with Gasteiger partial charge in [-0.15, -0.1) is 0 Å². The minimum absolute atomic E-state index is 0.118. The molecule has 0 amide bonds. The summed E-state index contributed by atoms with van der Waals surface area (Å²) in [6, 6.07) is 13.0. The first-order chi connectivity index (χ1) is 10.1. The number of hydrogen-bond acceptors (Lipinski definition) is 1. The number of aryl methyl sites for hydroxylation is 2. The summed E-state index contributed by atoms with van der Waals surface area (Å²) >= 11 is 9.92. The number of halogens is 2. The highest BCUT2D eigenvalue weighted by Crippen LogP contribution is 2.32. The molecule has 0 aromatic heterocycles. The van der Waals surface area contributed by atoms with E-state index in [9.17, 15) is 0 Å². The van der Waals surface area contributed by atoms with Gasteiger partial charge in [0.2, 0.25) is 0 Å². The lowest BCUT2D eigenvalue weighted by Crippen LogP contribution is -2.20. The van der Waals surface area contributed by atoms with Crippen LogP contribution in [0.25, 0.3) is 0 Å². The molecule has 112 valence electrons. The second-order valence-electron chi connectivity index (χ2n) is 5.13. The van der Waals surface area contributed by atoms with E-state index in [-0.39, 0.29) is 6.04 Å². The van der Waals surface area contributed by atoms with Gasteiger partial charge in [-0.2, -0.15) is 0 Å². The van der Waals surface area contributed by atoms with Crippen LogP contribution in [0.4, 0.5) is 0 Å². The molecule has 0 bridgehead atoms. The predicted molar refractivity (Wildman–Crippen MR) is 95.3 cm³/mol. The topological polar surface area (TPSA) is 12.0 Å². The predicted octanol–water partition coefficient (Wildman–Crippen LogP) is 5.54. The van der Waals surface area contributed by atoms with E-state index in [4.69, 9.17) is 11.6 Å². The van der Waals surface area contributed by atoms with Gasteiger partial charge in [-0.3, -0.25) is 0 Å². The van der Waals surface area contributed by atoms with Gasteiger partial charge in [-0.25, -0.2) is 0 Å². The summed E-state index contributed by atoms with van der Waals surface area (Å²) < 4.78 is 1.00. The third kappa shape index (κ3) is 3.68. The number of rotatable bonds is 5. The molecule has 0 saturated carbocycles. The molecule has 0 aliphatic rings. The van der Waals surface area contributed by atoms with Crippen molar-refractivity contribution in [3.8, 4) is 0 Å². The van der Waals surface area contributed by atoms with Gasteiger partial charge in [0.1, 0.15) is 0 Å². The molecule has 2 rings (SSSR count). The van der Waals surface area contributed by atoms with Crippen molar-refractivity contribution in [2.24, 2.45) is 0 Å². The Labute approximate surface area is 140 Å². The molecule has 1 nitrogen and oxygen atoms in total. The van der Waals surface area contributed by atoms with Gasteiger partial charge in [-0.1, -0.05) is 65.6 Å². The maximum Gasteiger partial charge on any atom is 0.0591 e. The standard InChI is InChI=1S/C18H21BrClN/c1-4-12-6-7-13(5-2)16(10-12)18(21-3)15-9-8-14(19)11-17(15)20/h6-11,18,21H,4-5H2,1-3H3. The zero-order valence-corrected chi connectivity index (χ0v) is 15.1. The monoisotopic (exact) mass is 365 g/mol. The molecular weight excluding hydrogens is 346 g/mol. The van der Waals surface area contributed by atoms with Crippen LogP contribution in [-0.2, 0) is 12.8 Å². The summed E-state index contributed by atoms with van der Waals surface area (Å²) in [7, 11) is 1.99. The molecule has 0 saturated heterocycles. The van der Waals surface area contributed by atoms with Gasteiger partial charge < -0.3 is 5.32 Å². The van der Waals surface area contributed by atoms with Crippen molar-refractivity contribution in [3.05, 3.63) is 68.1 Å². The molecule has 2 aromatic carbocycles. The van der Waals surface area contributed by atoms with Gasteiger partial charge in [0, 0.05) is 9.50 Å². The van der Waals surface area contributed by atoms with Crippen molar-refractivity contribution in [3.63, 3.8) is 0 Å². The normalized spacial score (nSPS) is 12.4. The fourth-order valence-corrected chi connectivity index (χ4v) is 3.45. The molecule has 2 aromatic rings. The Balaban J connectivity index is 2.54. The highest BCUT2D eigenvalue weighted by atomic mass is 79.9. The van der Waals surface area contributed by atoms with Crippen LogP contribution in [0, 0.1) is 0 Å². The second-order valence-corrected chi connectivity index (χ2v) is 6.45. The maximum atomic E-state index is 6.45. The molecule has 0 fully saturated rings. The lowest BCUT2D eigenvalue weighted by atomic mass is 9.91. The Morgan fingerprint density at radius 1 is 1.05 bits per heavy atom. The number of nitrogens with one attached hydrogen (secondary N) is 1. The lowest BCUT2D eigenvalue weighted by Gasteiger charge is -2.22. The minimum atomic E-state index is 0.118. The molecule has 0 aliphatic carbocycles. The largest absolute Gasteiger partial charge is 0.309 e. The van der Waals surface area contributed by atoms with E-state index >= 15 is 0 Å². The van der Waals surface area contributed by atoms with Crippen molar-refractivity contribution in [2.45, 2.75) is 32.7 Å². The molecule has 3 heteroatoms. The highest BCUT2D eigenvalue weighted by molar-refractivity contribution is 9.10. The van der Waals surface area contributed by atoms with Crippen LogP contribution in [-0.4, -0.2) is 7.05 Å². The average Bonchev–Trinajstić information content (AvgIpc) is 2.49. The van der Waals surface area contributed by atoms with Crippen LogP contribution >= 0.6 is 27.5 Å². The van der Waals surface area contributed by atoms with E-state index < -0.39 is 0 Å². The summed E-state index contributed by atoms with van der Waals surface area (Å²) in [6.07, 6.45) is 2.06. The van der Waals surface area contributed by atoms with Crippen molar-refractivity contribution in [2.75, 3.05) is 7.05 Å². The fourth-order valence-electron chi connectivity index (χ4n) is 2.67. The Morgan fingerprint density at radius 2 is 1.81 bits per heavy atom. The lowest BCUT2D eigenvalue weighted by molar-refractivity contribution is 0.683. The second kappa shape index (κ2) is 7.44. The third-order valence-electron chi connectivity index (χ3n) is 3.87. The summed E-state index contributed by atoms with van der Waals surface area (Å²) in [5.74, 6) is 0. The first-order valence-corrected chi connectivity index (χ1v) is 8.51. The molecule has 1 atom stereocenters. The van der Waals surface area contributed by atoms with Gasteiger partial charge in [-0.05, 0) is 54.3 Å². The third-order valence-corrected chi connectivity index (χ3v) is 4.69.